The van der Waals surface area contributed by atoms with Gasteiger partial charge >= 0.3 is 6.01 Å². The maximum Gasteiger partial charge on any atom is 0.337 e. The van der Waals surface area contributed by atoms with Crippen LogP contribution < -0.4 is 14.8 Å². The second-order valence-electron chi connectivity index (χ2n) is 4.46. The van der Waals surface area contributed by atoms with Gasteiger partial charge in [0.2, 0.25) is 5.95 Å². The van der Waals surface area contributed by atoms with Crippen LogP contribution in [0.3, 0.4) is 0 Å². The monoisotopic (exact) mass is 290 g/mol. The number of anilines is 1. The van der Waals surface area contributed by atoms with Gasteiger partial charge in [-0.2, -0.15) is 4.98 Å². The minimum Gasteiger partial charge on any atom is -0.483 e. The van der Waals surface area contributed by atoms with Crippen molar-refractivity contribution in [2.75, 3.05) is 18.5 Å². The highest BCUT2D eigenvalue weighted by atomic mass is 16.5. The third kappa shape index (κ3) is 3.95. The summed E-state index contributed by atoms with van der Waals surface area (Å²) in [5.74, 6) is 0.630. The number of para-hydroxylation sites is 1. The fourth-order valence-electron chi connectivity index (χ4n) is 1.83. The molecule has 0 saturated carbocycles. The molecule has 2 N–H and O–H groups in total. The van der Waals surface area contributed by atoms with Crippen LogP contribution in [-0.4, -0.2) is 34.3 Å². The second kappa shape index (κ2) is 6.74. The number of carbonyl (C=O) groups is 1. The van der Waals surface area contributed by atoms with Gasteiger partial charge in [0.15, 0.2) is 6.61 Å². The molecule has 0 radical (unpaired) electrons. The molecule has 0 saturated heterocycles. The topological polar surface area (TPSA) is 89.1 Å². The first-order valence-corrected chi connectivity index (χ1v) is 6.64. The zero-order chi connectivity index (χ0) is 15.2. The van der Waals surface area contributed by atoms with E-state index < -0.39 is 0 Å². The summed E-state index contributed by atoms with van der Waals surface area (Å²) < 4.78 is 10.6. The number of nitrogens with one attached hydrogen (secondary N) is 2. The van der Waals surface area contributed by atoms with Crippen LogP contribution in [0.25, 0.3) is 0 Å². The summed E-state index contributed by atoms with van der Waals surface area (Å²) in [5, 5.41) is 8.92. The number of carbonyl (C=O) groups excluding carboxylic acids is 1. The first-order chi connectivity index (χ1) is 10.1. The van der Waals surface area contributed by atoms with Gasteiger partial charge in [0, 0.05) is 0 Å². The summed E-state index contributed by atoms with van der Waals surface area (Å²) in [6, 6.07) is 6.01. The summed E-state index contributed by atoms with van der Waals surface area (Å²) in [6.07, 6.45) is 0. The number of rotatable bonds is 6. The van der Waals surface area contributed by atoms with Gasteiger partial charge < -0.3 is 9.47 Å². The van der Waals surface area contributed by atoms with Gasteiger partial charge in [0.1, 0.15) is 5.75 Å². The van der Waals surface area contributed by atoms with Gasteiger partial charge in [0.25, 0.3) is 5.91 Å². The van der Waals surface area contributed by atoms with Crippen molar-refractivity contribution in [3.63, 3.8) is 0 Å². The largest absolute Gasteiger partial charge is 0.483 e. The number of amides is 1. The van der Waals surface area contributed by atoms with Crippen molar-refractivity contribution in [1.29, 1.82) is 0 Å². The van der Waals surface area contributed by atoms with Crippen LogP contribution >= 0.6 is 0 Å². The smallest absolute Gasteiger partial charge is 0.337 e. The highest BCUT2D eigenvalue weighted by molar-refractivity contribution is 5.90. The highest BCUT2D eigenvalue weighted by Gasteiger charge is 2.10. The summed E-state index contributed by atoms with van der Waals surface area (Å²) in [5.41, 5.74) is 1.97. The number of hydrogen-bond acceptors (Lipinski definition) is 5. The van der Waals surface area contributed by atoms with Crippen molar-refractivity contribution < 1.29 is 14.3 Å². The standard InChI is InChI=1S/C14H18N4O3/c1-4-20-14-16-13(17-18-14)15-11(19)8-21-12-9(2)6-5-7-10(12)3/h5-7H,4,8H2,1-3H3,(H2,15,16,17,18,19). The summed E-state index contributed by atoms with van der Waals surface area (Å²) in [7, 11) is 0. The van der Waals surface area contributed by atoms with Gasteiger partial charge in [-0.05, 0) is 31.9 Å². The summed E-state index contributed by atoms with van der Waals surface area (Å²) >= 11 is 0. The molecule has 0 aliphatic rings. The van der Waals surface area contributed by atoms with E-state index in [0.717, 1.165) is 16.9 Å². The Balaban J connectivity index is 1.90. The molecule has 21 heavy (non-hydrogen) atoms. The number of H-pyrrole nitrogens is 1. The Hall–Kier alpha value is -2.57. The lowest BCUT2D eigenvalue weighted by Gasteiger charge is -2.11. The molecule has 7 nitrogen and oxygen atoms in total. The Morgan fingerprint density at radius 1 is 1.29 bits per heavy atom. The quantitative estimate of drug-likeness (QED) is 0.847. The number of benzene rings is 1. The molecule has 2 aromatic rings. The van der Waals surface area contributed by atoms with Crippen molar-refractivity contribution in [2.45, 2.75) is 20.8 Å². The molecule has 0 bridgehead atoms. The number of ether oxygens (including phenoxy) is 2. The SMILES string of the molecule is CCOc1n[nH]c(NC(=O)COc2c(C)cccc2C)n1. The predicted octanol–water partition coefficient (Wildman–Crippen LogP) is 1.84. The number of aryl methyl sites for hydroxylation is 2. The molecule has 2 rings (SSSR count). The fraction of sp³-hybridized carbons (Fsp3) is 0.357. The lowest BCUT2D eigenvalue weighted by molar-refractivity contribution is -0.118. The molecule has 0 spiro atoms. The Kier molecular flexibility index (Phi) is 4.76. The van der Waals surface area contributed by atoms with Crippen molar-refractivity contribution in [3.8, 4) is 11.8 Å². The van der Waals surface area contributed by atoms with Crippen LogP contribution in [0.15, 0.2) is 18.2 Å². The molecule has 0 unspecified atom stereocenters. The fourth-order valence-corrected chi connectivity index (χ4v) is 1.83. The van der Waals surface area contributed by atoms with E-state index in [4.69, 9.17) is 9.47 Å². The molecular formula is C14H18N4O3. The number of nitrogens with zero attached hydrogens (tertiary/aromatic N) is 2. The Bertz CT molecular complexity index is 604. The van der Waals surface area contributed by atoms with Crippen LogP contribution in [-0.2, 0) is 4.79 Å². The van der Waals surface area contributed by atoms with Crippen LogP contribution in [0.4, 0.5) is 5.95 Å². The summed E-state index contributed by atoms with van der Waals surface area (Å²) in [4.78, 5) is 15.8. The van der Waals surface area contributed by atoms with Gasteiger partial charge in [-0.25, -0.2) is 5.10 Å². The van der Waals surface area contributed by atoms with Gasteiger partial charge in [-0.15, -0.1) is 5.10 Å². The van der Waals surface area contributed by atoms with Crippen molar-refractivity contribution >= 4 is 11.9 Å². The van der Waals surface area contributed by atoms with Crippen LogP contribution in [0.2, 0.25) is 0 Å². The number of hydrogen-bond donors (Lipinski definition) is 2. The van der Waals surface area contributed by atoms with Gasteiger partial charge in [0.05, 0.1) is 6.61 Å². The zero-order valence-electron chi connectivity index (χ0n) is 12.3. The number of aromatic amines is 1. The Labute approximate surface area is 122 Å². The van der Waals surface area contributed by atoms with Crippen LogP contribution in [0.5, 0.6) is 11.8 Å². The Morgan fingerprint density at radius 3 is 2.67 bits per heavy atom. The normalized spacial score (nSPS) is 10.2. The van der Waals surface area contributed by atoms with Crippen molar-refractivity contribution in [2.24, 2.45) is 0 Å². The van der Waals surface area contributed by atoms with E-state index in [9.17, 15) is 4.79 Å². The highest BCUT2D eigenvalue weighted by Crippen LogP contribution is 2.22. The maximum absolute atomic E-state index is 11.8. The van der Waals surface area contributed by atoms with Gasteiger partial charge in [-0.1, -0.05) is 18.2 Å². The van der Waals surface area contributed by atoms with E-state index in [2.05, 4.69) is 20.5 Å². The molecule has 112 valence electrons. The third-order valence-corrected chi connectivity index (χ3v) is 2.75. The second-order valence-corrected chi connectivity index (χ2v) is 4.46. The first-order valence-electron chi connectivity index (χ1n) is 6.64. The van der Waals surface area contributed by atoms with Crippen LogP contribution in [0.1, 0.15) is 18.1 Å². The average Bonchev–Trinajstić information content (AvgIpc) is 2.86. The predicted molar refractivity (Wildman–Crippen MR) is 77.6 cm³/mol. The van der Waals surface area contributed by atoms with E-state index in [1.54, 1.807) is 0 Å². The minimum atomic E-state index is -0.322. The molecule has 1 aromatic carbocycles. The Morgan fingerprint density at radius 2 is 2.00 bits per heavy atom. The first kappa shape index (κ1) is 14.8. The third-order valence-electron chi connectivity index (χ3n) is 2.75. The number of aromatic nitrogens is 3. The van der Waals surface area contributed by atoms with Crippen molar-refractivity contribution in [1.82, 2.24) is 15.2 Å². The lowest BCUT2D eigenvalue weighted by Crippen LogP contribution is -2.21. The molecule has 0 aliphatic heterocycles. The summed E-state index contributed by atoms with van der Waals surface area (Å²) in [6.45, 7) is 6.06. The lowest BCUT2D eigenvalue weighted by atomic mass is 10.1. The van der Waals surface area contributed by atoms with Crippen molar-refractivity contribution in [3.05, 3.63) is 29.3 Å². The molecule has 1 amide bonds. The molecule has 0 aliphatic carbocycles. The van der Waals surface area contributed by atoms with E-state index >= 15 is 0 Å². The average molecular weight is 290 g/mol. The van der Waals surface area contributed by atoms with Crippen LogP contribution in [0, 0.1) is 13.8 Å². The maximum atomic E-state index is 11.8. The van der Waals surface area contributed by atoms with E-state index in [1.165, 1.54) is 0 Å². The molecule has 7 heteroatoms. The van der Waals surface area contributed by atoms with E-state index in [0.29, 0.717) is 6.61 Å². The molecule has 1 heterocycles. The molecule has 0 atom stereocenters. The minimum absolute atomic E-state index is 0.101. The molecule has 0 fully saturated rings. The van der Waals surface area contributed by atoms with E-state index in [1.807, 2.05) is 39.0 Å². The molecule has 1 aromatic heterocycles. The zero-order valence-corrected chi connectivity index (χ0v) is 12.3. The van der Waals surface area contributed by atoms with E-state index in [-0.39, 0.29) is 24.5 Å². The van der Waals surface area contributed by atoms with Gasteiger partial charge in [-0.3, -0.25) is 10.1 Å². The molecular weight excluding hydrogens is 272 g/mol.